The topological polar surface area (TPSA) is 122 Å². The van der Waals surface area contributed by atoms with Gasteiger partial charge in [0.05, 0.1) is 19.1 Å². The summed E-state index contributed by atoms with van der Waals surface area (Å²) in [6, 6.07) is -0.833. The quantitative estimate of drug-likeness (QED) is 0.581. The van der Waals surface area contributed by atoms with Crippen molar-refractivity contribution < 1.29 is 24.2 Å². The van der Waals surface area contributed by atoms with Gasteiger partial charge in [-0.05, 0) is 12.8 Å². The summed E-state index contributed by atoms with van der Waals surface area (Å²) < 4.78 is 5.47. The molecule has 0 aromatic rings. The number of hydrogen-bond acceptors (Lipinski definition) is 5. The number of ether oxygens (including phenoxy) is 1. The molecule has 0 aliphatic carbocycles. The SMILES string of the molecule is NC(=O)NC(=O)CCN1CCC(OCCC(=O)O)CC1. The minimum absolute atomic E-state index is 0.0213. The number of carboxylic acids is 1. The molecular weight excluding hydrogens is 266 g/mol. The van der Waals surface area contributed by atoms with Crippen LogP contribution in [0.15, 0.2) is 0 Å². The molecule has 3 amide bonds. The van der Waals surface area contributed by atoms with Gasteiger partial charge in [-0.1, -0.05) is 0 Å². The molecule has 0 saturated carbocycles. The van der Waals surface area contributed by atoms with E-state index < -0.39 is 12.0 Å². The number of nitrogens with two attached hydrogens (primary N) is 1. The molecule has 1 rings (SSSR count). The number of carbonyl (C=O) groups excluding carboxylic acids is 2. The average molecular weight is 287 g/mol. The summed E-state index contributed by atoms with van der Waals surface area (Å²) in [5.41, 5.74) is 4.85. The van der Waals surface area contributed by atoms with Crippen LogP contribution in [-0.4, -0.2) is 60.3 Å². The van der Waals surface area contributed by atoms with Gasteiger partial charge in [0.1, 0.15) is 0 Å². The molecule has 0 spiro atoms. The second kappa shape index (κ2) is 8.49. The van der Waals surface area contributed by atoms with Crippen LogP contribution in [0, 0.1) is 0 Å². The molecule has 8 nitrogen and oxygen atoms in total. The molecule has 1 saturated heterocycles. The van der Waals surface area contributed by atoms with Crippen LogP contribution in [0.2, 0.25) is 0 Å². The number of carbonyl (C=O) groups is 3. The highest BCUT2D eigenvalue weighted by Crippen LogP contribution is 2.14. The molecular formula is C12H21N3O5. The van der Waals surface area contributed by atoms with Gasteiger partial charge < -0.3 is 20.5 Å². The monoisotopic (exact) mass is 287 g/mol. The Morgan fingerprint density at radius 1 is 1.25 bits per heavy atom. The number of piperidine rings is 1. The number of nitrogens with one attached hydrogen (secondary N) is 1. The van der Waals surface area contributed by atoms with Gasteiger partial charge in [0.25, 0.3) is 0 Å². The highest BCUT2D eigenvalue weighted by Gasteiger charge is 2.20. The Balaban J connectivity index is 2.11. The van der Waals surface area contributed by atoms with E-state index in [1.54, 1.807) is 0 Å². The molecule has 0 aromatic heterocycles. The lowest BCUT2D eigenvalue weighted by Crippen LogP contribution is -2.41. The van der Waals surface area contributed by atoms with Crippen LogP contribution < -0.4 is 11.1 Å². The minimum Gasteiger partial charge on any atom is -0.481 e. The Morgan fingerprint density at radius 3 is 2.45 bits per heavy atom. The van der Waals surface area contributed by atoms with Crippen LogP contribution in [0.3, 0.4) is 0 Å². The van der Waals surface area contributed by atoms with E-state index in [0.29, 0.717) is 6.54 Å². The number of primary amides is 1. The molecule has 0 unspecified atom stereocenters. The van der Waals surface area contributed by atoms with Crippen molar-refractivity contribution in [2.75, 3.05) is 26.2 Å². The maximum atomic E-state index is 11.2. The van der Waals surface area contributed by atoms with Crippen LogP contribution in [-0.2, 0) is 14.3 Å². The molecule has 1 aliphatic heterocycles. The normalized spacial score (nSPS) is 16.8. The number of aliphatic carboxylic acids is 1. The Hall–Kier alpha value is -1.67. The summed E-state index contributed by atoms with van der Waals surface area (Å²) in [5.74, 6) is -1.24. The van der Waals surface area contributed by atoms with Crippen molar-refractivity contribution in [2.24, 2.45) is 5.73 Å². The van der Waals surface area contributed by atoms with E-state index in [2.05, 4.69) is 4.90 Å². The Kier molecular flexibility index (Phi) is 6.96. The minimum atomic E-state index is -0.858. The summed E-state index contributed by atoms with van der Waals surface area (Å²) in [4.78, 5) is 34.2. The number of likely N-dealkylation sites (tertiary alicyclic amines) is 1. The van der Waals surface area contributed by atoms with Crippen molar-refractivity contribution >= 4 is 17.9 Å². The number of imide groups is 1. The lowest BCUT2D eigenvalue weighted by Gasteiger charge is -2.31. The molecule has 1 aliphatic rings. The lowest BCUT2D eigenvalue weighted by molar-refractivity contribution is -0.138. The van der Waals surface area contributed by atoms with Crippen LogP contribution in [0.25, 0.3) is 0 Å². The van der Waals surface area contributed by atoms with Gasteiger partial charge in [0.2, 0.25) is 5.91 Å². The van der Waals surface area contributed by atoms with Gasteiger partial charge in [0, 0.05) is 26.1 Å². The van der Waals surface area contributed by atoms with Crippen molar-refractivity contribution in [1.29, 1.82) is 0 Å². The van der Waals surface area contributed by atoms with E-state index in [-0.39, 0.29) is 31.5 Å². The number of urea groups is 1. The Bertz CT molecular complexity index is 353. The van der Waals surface area contributed by atoms with E-state index in [1.807, 2.05) is 5.32 Å². The van der Waals surface area contributed by atoms with Gasteiger partial charge in [-0.25, -0.2) is 4.79 Å². The van der Waals surface area contributed by atoms with Gasteiger partial charge in [-0.15, -0.1) is 0 Å². The number of carboxylic acid groups (broad SMARTS) is 1. The fourth-order valence-electron chi connectivity index (χ4n) is 2.07. The molecule has 0 atom stereocenters. The first-order valence-corrected chi connectivity index (χ1v) is 6.62. The van der Waals surface area contributed by atoms with E-state index in [9.17, 15) is 14.4 Å². The average Bonchev–Trinajstić information content (AvgIpc) is 2.36. The molecule has 114 valence electrons. The van der Waals surface area contributed by atoms with Gasteiger partial charge >= 0.3 is 12.0 Å². The zero-order valence-electron chi connectivity index (χ0n) is 11.3. The van der Waals surface area contributed by atoms with Gasteiger partial charge in [0.15, 0.2) is 0 Å². The zero-order valence-corrected chi connectivity index (χ0v) is 11.3. The number of amides is 3. The standard InChI is InChI=1S/C12H21N3O5/c13-12(19)14-10(16)3-7-15-5-1-9(2-6-15)20-8-4-11(17)18/h9H,1-8H2,(H,17,18)(H3,13,14,16,19). The van der Waals surface area contributed by atoms with Crippen LogP contribution in [0.1, 0.15) is 25.7 Å². The summed E-state index contributed by atoms with van der Waals surface area (Å²) in [7, 11) is 0. The second-order valence-electron chi connectivity index (χ2n) is 4.72. The third-order valence-corrected chi connectivity index (χ3v) is 3.12. The highest BCUT2D eigenvalue weighted by molar-refractivity contribution is 5.93. The summed E-state index contributed by atoms with van der Waals surface area (Å²) >= 11 is 0. The molecule has 0 radical (unpaired) electrons. The van der Waals surface area contributed by atoms with Crippen LogP contribution in [0.4, 0.5) is 4.79 Å². The van der Waals surface area contributed by atoms with Gasteiger partial charge in [-0.2, -0.15) is 0 Å². The second-order valence-corrected chi connectivity index (χ2v) is 4.72. The molecule has 0 aromatic carbocycles. The maximum absolute atomic E-state index is 11.2. The largest absolute Gasteiger partial charge is 0.481 e. The zero-order chi connectivity index (χ0) is 15.0. The van der Waals surface area contributed by atoms with Crippen LogP contribution >= 0.6 is 0 Å². The van der Waals surface area contributed by atoms with Crippen molar-refractivity contribution in [3.05, 3.63) is 0 Å². The number of nitrogens with zero attached hydrogens (tertiary/aromatic N) is 1. The molecule has 4 N–H and O–H groups in total. The van der Waals surface area contributed by atoms with E-state index in [1.165, 1.54) is 0 Å². The number of rotatable bonds is 7. The summed E-state index contributed by atoms with van der Waals surface area (Å²) in [5, 5.41) is 10.5. The summed E-state index contributed by atoms with van der Waals surface area (Å²) in [6.07, 6.45) is 1.97. The fourth-order valence-corrected chi connectivity index (χ4v) is 2.07. The Labute approximate surface area is 117 Å². The van der Waals surface area contributed by atoms with E-state index in [4.69, 9.17) is 15.6 Å². The van der Waals surface area contributed by atoms with Crippen molar-refractivity contribution in [2.45, 2.75) is 31.8 Å². The third kappa shape index (κ3) is 7.05. The van der Waals surface area contributed by atoms with Crippen molar-refractivity contribution in [1.82, 2.24) is 10.2 Å². The van der Waals surface area contributed by atoms with Crippen molar-refractivity contribution in [3.8, 4) is 0 Å². The predicted octanol–water partition coefficient (Wildman–Crippen LogP) is -0.473. The fraction of sp³-hybridized carbons (Fsp3) is 0.750. The van der Waals surface area contributed by atoms with E-state index in [0.717, 1.165) is 25.9 Å². The van der Waals surface area contributed by atoms with Crippen LogP contribution in [0.5, 0.6) is 0 Å². The molecule has 8 heteroatoms. The van der Waals surface area contributed by atoms with Crippen molar-refractivity contribution in [3.63, 3.8) is 0 Å². The smallest absolute Gasteiger partial charge is 0.318 e. The molecule has 1 heterocycles. The highest BCUT2D eigenvalue weighted by atomic mass is 16.5. The maximum Gasteiger partial charge on any atom is 0.318 e. The predicted molar refractivity (Wildman–Crippen MR) is 70.0 cm³/mol. The molecule has 20 heavy (non-hydrogen) atoms. The first kappa shape index (κ1) is 16.4. The first-order valence-electron chi connectivity index (χ1n) is 6.62. The van der Waals surface area contributed by atoms with Gasteiger partial charge in [-0.3, -0.25) is 14.9 Å². The third-order valence-electron chi connectivity index (χ3n) is 3.12. The summed E-state index contributed by atoms with van der Waals surface area (Å²) in [6.45, 7) is 2.39. The first-order chi connectivity index (χ1) is 9.47. The molecule has 0 bridgehead atoms. The Morgan fingerprint density at radius 2 is 1.90 bits per heavy atom. The number of hydrogen-bond donors (Lipinski definition) is 3. The lowest BCUT2D eigenvalue weighted by atomic mass is 10.1. The molecule has 1 fully saturated rings. The van der Waals surface area contributed by atoms with E-state index >= 15 is 0 Å².